The summed E-state index contributed by atoms with van der Waals surface area (Å²) >= 11 is 0. The highest BCUT2D eigenvalue weighted by Gasteiger charge is 2.02. The number of nitrogens with one attached hydrogen (secondary N) is 1. The molecule has 0 saturated heterocycles. The number of nitro groups is 1. The number of rotatable bonds is 5. The van der Waals surface area contributed by atoms with Crippen molar-refractivity contribution >= 4 is 23.2 Å². The zero-order valence-electron chi connectivity index (χ0n) is 11.6. The molecule has 2 rings (SSSR count). The Morgan fingerprint density at radius 3 is 2.43 bits per heavy atom. The van der Waals surface area contributed by atoms with Gasteiger partial charge in [0.05, 0.1) is 16.3 Å². The van der Waals surface area contributed by atoms with Crippen molar-refractivity contribution in [1.82, 2.24) is 0 Å². The van der Waals surface area contributed by atoms with E-state index in [1.807, 2.05) is 49.4 Å². The number of allylic oxidation sites excluding steroid dienone is 1. The molecule has 0 aromatic heterocycles. The van der Waals surface area contributed by atoms with Crippen molar-refractivity contribution in [1.29, 1.82) is 0 Å². The highest BCUT2D eigenvalue weighted by Crippen LogP contribution is 2.15. The number of nitrogens with zero attached hydrogens (tertiary/aromatic N) is 2. The van der Waals surface area contributed by atoms with E-state index in [9.17, 15) is 10.1 Å². The molecule has 0 saturated carbocycles. The van der Waals surface area contributed by atoms with Gasteiger partial charge in [0.25, 0.3) is 5.69 Å². The Morgan fingerprint density at radius 2 is 1.81 bits per heavy atom. The summed E-state index contributed by atoms with van der Waals surface area (Å²) in [5.74, 6) is 0. The van der Waals surface area contributed by atoms with Crippen LogP contribution in [0.1, 0.15) is 12.5 Å². The summed E-state index contributed by atoms with van der Waals surface area (Å²) < 4.78 is 0. The van der Waals surface area contributed by atoms with Gasteiger partial charge >= 0.3 is 0 Å². The van der Waals surface area contributed by atoms with E-state index in [1.54, 1.807) is 12.1 Å². The van der Waals surface area contributed by atoms with Gasteiger partial charge in [-0.3, -0.25) is 15.5 Å². The van der Waals surface area contributed by atoms with E-state index < -0.39 is 4.92 Å². The van der Waals surface area contributed by atoms with E-state index in [-0.39, 0.29) is 5.69 Å². The standard InChI is InChI=1S/C16H15N3O2/c1-13(7-8-14-5-3-2-4-6-14)17-18-15-9-11-16(12-10-15)19(20)21/h2-12,18H,1H3. The van der Waals surface area contributed by atoms with Gasteiger partial charge in [-0.05, 0) is 30.7 Å². The van der Waals surface area contributed by atoms with E-state index in [0.29, 0.717) is 5.69 Å². The van der Waals surface area contributed by atoms with Crippen molar-refractivity contribution in [3.63, 3.8) is 0 Å². The maximum Gasteiger partial charge on any atom is 0.269 e. The summed E-state index contributed by atoms with van der Waals surface area (Å²) in [7, 11) is 0. The lowest BCUT2D eigenvalue weighted by Gasteiger charge is -2.00. The van der Waals surface area contributed by atoms with E-state index in [0.717, 1.165) is 11.3 Å². The number of benzene rings is 2. The number of anilines is 1. The van der Waals surface area contributed by atoms with Crippen molar-refractivity contribution in [2.45, 2.75) is 6.92 Å². The normalized spacial score (nSPS) is 11.6. The van der Waals surface area contributed by atoms with Crippen LogP contribution in [0, 0.1) is 10.1 Å². The molecule has 2 aromatic carbocycles. The molecule has 0 atom stereocenters. The van der Waals surface area contributed by atoms with E-state index in [2.05, 4.69) is 10.5 Å². The minimum Gasteiger partial charge on any atom is -0.278 e. The van der Waals surface area contributed by atoms with Crippen molar-refractivity contribution < 1.29 is 4.92 Å². The molecule has 0 aliphatic carbocycles. The van der Waals surface area contributed by atoms with Gasteiger partial charge in [-0.25, -0.2) is 0 Å². The Kier molecular flexibility index (Phi) is 4.82. The smallest absolute Gasteiger partial charge is 0.269 e. The van der Waals surface area contributed by atoms with Gasteiger partial charge in [0.1, 0.15) is 0 Å². The fourth-order valence-corrected chi connectivity index (χ4v) is 1.63. The second-order valence-electron chi connectivity index (χ2n) is 4.41. The molecule has 106 valence electrons. The first-order valence-electron chi connectivity index (χ1n) is 6.43. The van der Waals surface area contributed by atoms with Crippen LogP contribution in [0.15, 0.2) is 65.8 Å². The Labute approximate surface area is 122 Å². The van der Waals surface area contributed by atoms with Crippen molar-refractivity contribution in [2.24, 2.45) is 5.10 Å². The predicted octanol–water partition coefficient (Wildman–Crippen LogP) is 4.10. The maximum atomic E-state index is 10.5. The SMILES string of the molecule is CC(C=Cc1ccccc1)=NNc1ccc([N+](=O)[O-])cc1. The van der Waals surface area contributed by atoms with Crippen LogP contribution in [0.4, 0.5) is 11.4 Å². The molecule has 0 fully saturated rings. The molecule has 0 unspecified atom stereocenters. The average Bonchev–Trinajstić information content (AvgIpc) is 2.52. The van der Waals surface area contributed by atoms with E-state index >= 15 is 0 Å². The Bertz CT molecular complexity index is 662. The average molecular weight is 281 g/mol. The van der Waals surface area contributed by atoms with Crippen molar-refractivity contribution in [3.8, 4) is 0 Å². The van der Waals surface area contributed by atoms with Gasteiger partial charge in [0.15, 0.2) is 0 Å². The van der Waals surface area contributed by atoms with Crippen molar-refractivity contribution in [2.75, 3.05) is 5.43 Å². The van der Waals surface area contributed by atoms with Crippen LogP contribution in [0.5, 0.6) is 0 Å². The van der Waals surface area contributed by atoms with Gasteiger partial charge < -0.3 is 0 Å². The Morgan fingerprint density at radius 1 is 1.14 bits per heavy atom. The second-order valence-corrected chi connectivity index (χ2v) is 4.41. The molecule has 0 amide bonds. The highest BCUT2D eigenvalue weighted by molar-refractivity contribution is 5.96. The third-order valence-corrected chi connectivity index (χ3v) is 2.76. The molecule has 0 radical (unpaired) electrons. The monoisotopic (exact) mass is 281 g/mol. The van der Waals surface area contributed by atoms with Gasteiger partial charge in [0.2, 0.25) is 0 Å². The minimum absolute atomic E-state index is 0.0604. The van der Waals surface area contributed by atoms with Crippen LogP contribution >= 0.6 is 0 Å². The Hall–Kier alpha value is -2.95. The van der Waals surface area contributed by atoms with E-state index in [4.69, 9.17) is 0 Å². The van der Waals surface area contributed by atoms with Gasteiger partial charge in [-0.15, -0.1) is 0 Å². The molecule has 5 nitrogen and oxygen atoms in total. The topological polar surface area (TPSA) is 67.5 Å². The highest BCUT2D eigenvalue weighted by atomic mass is 16.6. The minimum atomic E-state index is -0.430. The molecule has 2 aromatic rings. The molecule has 0 aliphatic rings. The van der Waals surface area contributed by atoms with Gasteiger partial charge in [-0.1, -0.05) is 36.4 Å². The lowest BCUT2D eigenvalue weighted by molar-refractivity contribution is -0.384. The molecule has 21 heavy (non-hydrogen) atoms. The molecule has 0 spiro atoms. The molecule has 5 heteroatoms. The van der Waals surface area contributed by atoms with E-state index in [1.165, 1.54) is 12.1 Å². The zero-order chi connectivity index (χ0) is 15.1. The summed E-state index contributed by atoms with van der Waals surface area (Å²) in [6.45, 7) is 1.87. The molecule has 0 aliphatic heterocycles. The molecular formula is C16H15N3O2. The number of nitro benzene ring substituents is 1. The first-order valence-corrected chi connectivity index (χ1v) is 6.43. The quantitative estimate of drug-likeness (QED) is 0.509. The third kappa shape index (κ3) is 4.58. The molecule has 0 heterocycles. The summed E-state index contributed by atoms with van der Waals surface area (Å²) in [6, 6.07) is 16.0. The first kappa shape index (κ1) is 14.5. The third-order valence-electron chi connectivity index (χ3n) is 2.76. The maximum absolute atomic E-state index is 10.5. The van der Waals surface area contributed by atoms with Crippen molar-refractivity contribution in [3.05, 3.63) is 76.4 Å². The van der Waals surface area contributed by atoms with Crippen LogP contribution in [0.3, 0.4) is 0 Å². The van der Waals surface area contributed by atoms with Crippen LogP contribution in [0.25, 0.3) is 6.08 Å². The van der Waals surface area contributed by atoms with Crippen LogP contribution < -0.4 is 5.43 Å². The summed E-state index contributed by atoms with van der Waals surface area (Å²) in [4.78, 5) is 10.1. The summed E-state index contributed by atoms with van der Waals surface area (Å²) in [5.41, 5.74) is 5.53. The lowest BCUT2D eigenvalue weighted by atomic mass is 10.2. The second kappa shape index (κ2) is 7.00. The summed E-state index contributed by atoms with van der Waals surface area (Å²) in [6.07, 6.45) is 3.87. The predicted molar refractivity (Wildman–Crippen MR) is 85.3 cm³/mol. The van der Waals surface area contributed by atoms with Crippen LogP contribution in [-0.2, 0) is 0 Å². The first-order chi connectivity index (χ1) is 10.1. The number of hydrogen-bond acceptors (Lipinski definition) is 4. The molecular weight excluding hydrogens is 266 g/mol. The van der Waals surface area contributed by atoms with Gasteiger partial charge in [0, 0.05) is 12.1 Å². The van der Waals surface area contributed by atoms with Crippen LogP contribution in [0.2, 0.25) is 0 Å². The lowest BCUT2D eigenvalue weighted by Crippen LogP contribution is -1.95. The Balaban J connectivity index is 1.97. The molecule has 0 bridgehead atoms. The zero-order valence-corrected chi connectivity index (χ0v) is 11.6. The molecule has 1 N–H and O–H groups in total. The van der Waals surface area contributed by atoms with Gasteiger partial charge in [-0.2, -0.15) is 5.10 Å². The number of hydrazone groups is 1. The number of hydrogen-bond donors (Lipinski definition) is 1. The van der Waals surface area contributed by atoms with Crippen LogP contribution in [-0.4, -0.2) is 10.6 Å². The summed E-state index contributed by atoms with van der Waals surface area (Å²) in [5, 5.41) is 14.7. The largest absolute Gasteiger partial charge is 0.278 e. The fourth-order valence-electron chi connectivity index (χ4n) is 1.63. The number of non-ortho nitro benzene ring substituents is 1. The fraction of sp³-hybridized carbons (Fsp3) is 0.0625.